The van der Waals surface area contributed by atoms with E-state index in [1.165, 1.54) is 24.2 Å². The van der Waals surface area contributed by atoms with Crippen molar-refractivity contribution < 1.29 is 0 Å². The Morgan fingerprint density at radius 3 is 1.73 bits per heavy atom. The lowest BCUT2D eigenvalue weighted by atomic mass is 9.82. The van der Waals surface area contributed by atoms with Crippen LogP contribution in [-0.4, -0.2) is 4.98 Å². The molecule has 0 aliphatic carbocycles. The first-order valence-corrected chi connectivity index (χ1v) is 6.03. The second-order valence-electron chi connectivity index (χ2n) is 5.80. The van der Waals surface area contributed by atoms with Crippen molar-refractivity contribution in [2.24, 2.45) is 0 Å². The molecule has 1 aromatic rings. The number of hydrogen-bond acceptors (Lipinski definition) is 0. The standard InChI is InChI=1S/C14H25N/c1-7-14(6,8-2)12-10-9-11(15-12)13(3,4)5/h9-10,15H,7-8H2,1-6H3. The third kappa shape index (κ3) is 2.45. The molecule has 15 heavy (non-hydrogen) atoms. The van der Waals surface area contributed by atoms with Crippen LogP contribution in [0.1, 0.15) is 65.8 Å². The lowest BCUT2D eigenvalue weighted by Gasteiger charge is -2.26. The number of H-pyrrole nitrogens is 1. The molecule has 0 spiro atoms. The molecule has 0 radical (unpaired) electrons. The second-order valence-corrected chi connectivity index (χ2v) is 5.80. The Morgan fingerprint density at radius 2 is 1.40 bits per heavy atom. The molecule has 0 saturated carbocycles. The molecule has 0 bridgehead atoms. The summed E-state index contributed by atoms with van der Waals surface area (Å²) in [6.45, 7) is 13.6. The predicted octanol–water partition coefficient (Wildman–Crippen LogP) is 4.39. The Kier molecular flexibility index (Phi) is 3.32. The van der Waals surface area contributed by atoms with Crippen molar-refractivity contribution in [1.29, 1.82) is 0 Å². The van der Waals surface area contributed by atoms with Crippen LogP contribution in [0.15, 0.2) is 12.1 Å². The fraction of sp³-hybridized carbons (Fsp3) is 0.714. The van der Waals surface area contributed by atoms with Crippen LogP contribution in [-0.2, 0) is 10.8 Å². The lowest BCUT2D eigenvalue weighted by molar-refractivity contribution is 0.425. The number of hydrogen-bond donors (Lipinski definition) is 1. The second kappa shape index (κ2) is 4.03. The van der Waals surface area contributed by atoms with Crippen LogP contribution in [0.5, 0.6) is 0 Å². The zero-order valence-corrected chi connectivity index (χ0v) is 11.1. The van der Waals surface area contributed by atoms with Gasteiger partial charge in [-0.05, 0) is 25.0 Å². The minimum Gasteiger partial charge on any atom is -0.361 e. The largest absolute Gasteiger partial charge is 0.361 e. The molecule has 0 atom stereocenters. The molecule has 1 aromatic heterocycles. The zero-order chi connectivity index (χ0) is 11.7. The molecule has 1 N–H and O–H groups in total. The van der Waals surface area contributed by atoms with Crippen molar-refractivity contribution in [3.63, 3.8) is 0 Å². The Labute approximate surface area is 94.3 Å². The van der Waals surface area contributed by atoms with E-state index >= 15 is 0 Å². The highest BCUT2D eigenvalue weighted by atomic mass is 14.8. The average molecular weight is 207 g/mol. The van der Waals surface area contributed by atoms with Crippen molar-refractivity contribution in [2.75, 3.05) is 0 Å². The summed E-state index contributed by atoms with van der Waals surface area (Å²) in [7, 11) is 0. The Hall–Kier alpha value is -0.720. The Balaban J connectivity index is 3.03. The number of aromatic nitrogens is 1. The van der Waals surface area contributed by atoms with E-state index in [1.54, 1.807) is 0 Å². The summed E-state index contributed by atoms with van der Waals surface area (Å²) >= 11 is 0. The van der Waals surface area contributed by atoms with Gasteiger partial charge in [-0.25, -0.2) is 0 Å². The molecule has 1 heterocycles. The molecule has 0 aliphatic rings. The van der Waals surface area contributed by atoms with Gasteiger partial charge in [0.1, 0.15) is 0 Å². The van der Waals surface area contributed by atoms with Gasteiger partial charge in [0, 0.05) is 22.2 Å². The maximum Gasteiger partial charge on any atom is 0.0209 e. The molecule has 0 aromatic carbocycles. The predicted molar refractivity (Wildman–Crippen MR) is 67.4 cm³/mol. The number of aromatic amines is 1. The van der Waals surface area contributed by atoms with E-state index in [0.29, 0.717) is 5.41 Å². The fourth-order valence-electron chi connectivity index (χ4n) is 1.82. The normalized spacial score (nSPS) is 13.2. The summed E-state index contributed by atoms with van der Waals surface area (Å²) in [5, 5.41) is 0. The van der Waals surface area contributed by atoms with Crippen molar-refractivity contribution in [3.05, 3.63) is 23.5 Å². The van der Waals surface area contributed by atoms with Crippen LogP contribution in [0.25, 0.3) is 0 Å². The van der Waals surface area contributed by atoms with Crippen LogP contribution in [0.3, 0.4) is 0 Å². The van der Waals surface area contributed by atoms with Gasteiger partial charge in [-0.3, -0.25) is 0 Å². The molecule has 1 rings (SSSR count). The van der Waals surface area contributed by atoms with Crippen molar-refractivity contribution >= 4 is 0 Å². The molecule has 0 saturated heterocycles. The van der Waals surface area contributed by atoms with Crippen LogP contribution >= 0.6 is 0 Å². The first-order valence-electron chi connectivity index (χ1n) is 6.03. The van der Waals surface area contributed by atoms with Crippen molar-refractivity contribution in [2.45, 2.75) is 65.2 Å². The van der Waals surface area contributed by atoms with Gasteiger partial charge >= 0.3 is 0 Å². The minimum atomic E-state index is 0.223. The van der Waals surface area contributed by atoms with Gasteiger partial charge in [-0.2, -0.15) is 0 Å². The smallest absolute Gasteiger partial charge is 0.0209 e. The highest BCUT2D eigenvalue weighted by Gasteiger charge is 2.25. The van der Waals surface area contributed by atoms with Crippen LogP contribution in [0.2, 0.25) is 0 Å². The van der Waals surface area contributed by atoms with E-state index in [9.17, 15) is 0 Å². The van der Waals surface area contributed by atoms with Gasteiger partial charge in [0.2, 0.25) is 0 Å². The molecule has 1 heteroatoms. The monoisotopic (exact) mass is 207 g/mol. The topological polar surface area (TPSA) is 15.8 Å². The van der Waals surface area contributed by atoms with Crippen molar-refractivity contribution in [1.82, 2.24) is 4.98 Å². The summed E-state index contributed by atoms with van der Waals surface area (Å²) in [5.41, 5.74) is 3.26. The van der Waals surface area contributed by atoms with Gasteiger partial charge in [-0.15, -0.1) is 0 Å². The summed E-state index contributed by atoms with van der Waals surface area (Å²) in [5.74, 6) is 0. The Morgan fingerprint density at radius 1 is 0.933 bits per heavy atom. The van der Waals surface area contributed by atoms with E-state index in [0.717, 1.165) is 0 Å². The van der Waals surface area contributed by atoms with Gasteiger partial charge in [-0.1, -0.05) is 41.5 Å². The third-order valence-corrected chi connectivity index (χ3v) is 3.70. The van der Waals surface area contributed by atoms with Gasteiger partial charge < -0.3 is 4.98 Å². The quantitative estimate of drug-likeness (QED) is 0.756. The zero-order valence-electron chi connectivity index (χ0n) is 11.1. The van der Waals surface area contributed by atoms with E-state index in [4.69, 9.17) is 0 Å². The highest BCUT2D eigenvalue weighted by Crippen LogP contribution is 2.32. The summed E-state index contributed by atoms with van der Waals surface area (Å²) in [6, 6.07) is 4.49. The van der Waals surface area contributed by atoms with Crippen molar-refractivity contribution in [3.8, 4) is 0 Å². The maximum atomic E-state index is 3.60. The molecule has 0 aliphatic heterocycles. The van der Waals surface area contributed by atoms with Gasteiger partial charge in [0.05, 0.1) is 0 Å². The van der Waals surface area contributed by atoms with E-state index < -0.39 is 0 Å². The minimum absolute atomic E-state index is 0.223. The van der Waals surface area contributed by atoms with Crippen LogP contribution in [0.4, 0.5) is 0 Å². The number of rotatable bonds is 3. The maximum absolute atomic E-state index is 3.60. The molecule has 86 valence electrons. The van der Waals surface area contributed by atoms with E-state index in [2.05, 4.69) is 58.7 Å². The summed E-state index contributed by atoms with van der Waals surface area (Å²) < 4.78 is 0. The summed E-state index contributed by atoms with van der Waals surface area (Å²) in [6.07, 6.45) is 2.38. The SMILES string of the molecule is CCC(C)(CC)c1ccc(C(C)(C)C)[nH]1. The first-order chi connectivity index (χ1) is 6.83. The number of nitrogens with one attached hydrogen (secondary N) is 1. The molecule has 0 fully saturated rings. The van der Waals surface area contributed by atoms with Crippen LogP contribution in [0, 0.1) is 0 Å². The van der Waals surface area contributed by atoms with Gasteiger partial charge in [0.25, 0.3) is 0 Å². The Bertz CT molecular complexity index is 310. The first kappa shape index (κ1) is 12.4. The van der Waals surface area contributed by atoms with Crippen LogP contribution < -0.4 is 0 Å². The molecule has 0 amide bonds. The van der Waals surface area contributed by atoms with E-state index in [1.807, 2.05) is 0 Å². The molecule has 0 unspecified atom stereocenters. The molecule has 1 nitrogen and oxygen atoms in total. The molecular weight excluding hydrogens is 182 g/mol. The lowest BCUT2D eigenvalue weighted by Crippen LogP contribution is -2.21. The van der Waals surface area contributed by atoms with E-state index in [-0.39, 0.29) is 5.41 Å². The average Bonchev–Trinajstić information content (AvgIpc) is 2.65. The highest BCUT2D eigenvalue weighted by molar-refractivity contribution is 5.24. The molecular formula is C14H25N. The summed E-state index contributed by atoms with van der Waals surface area (Å²) in [4.78, 5) is 3.60. The fourth-order valence-corrected chi connectivity index (χ4v) is 1.82. The van der Waals surface area contributed by atoms with Gasteiger partial charge in [0.15, 0.2) is 0 Å². The third-order valence-electron chi connectivity index (χ3n) is 3.70.